The maximum atomic E-state index is 8.30. The molecule has 0 atom stereocenters. The molecular weight excluding hydrogens is 182 g/mol. The summed E-state index contributed by atoms with van der Waals surface area (Å²) in [6.45, 7) is 0. The van der Waals surface area contributed by atoms with Crippen molar-refractivity contribution in [2.75, 3.05) is 14.2 Å². The van der Waals surface area contributed by atoms with E-state index in [0.717, 1.165) is 17.1 Å². The van der Waals surface area contributed by atoms with Crippen LogP contribution in [0.15, 0.2) is 23.4 Å². The number of oxime groups is 1. The number of hydrogen-bond donors (Lipinski definition) is 1. The third-order valence-corrected chi connectivity index (χ3v) is 1.89. The zero-order valence-corrected chi connectivity index (χ0v) is 8.23. The number of methoxy groups -OCH3 is 2. The minimum Gasteiger partial charge on any atom is -0.497 e. The van der Waals surface area contributed by atoms with E-state index in [9.17, 15) is 0 Å². The average molecular weight is 195 g/mol. The Hall–Kier alpha value is -1.71. The molecule has 0 saturated carbocycles. The third-order valence-electron chi connectivity index (χ3n) is 1.89. The van der Waals surface area contributed by atoms with Crippen LogP contribution in [-0.2, 0) is 6.42 Å². The van der Waals surface area contributed by atoms with Crippen LogP contribution in [0.5, 0.6) is 11.5 Å². The van der Waals surface area contributed by atoms with Gasteiger partial charge in [0.2, 0.25) is 0 Å². The number of rotatable bonds is 4. The molecule has 0 radical (unpaired) electrons. The van der Waals surface area contributed by atoms with E-state index in [4.69, 9.17) is 14.7 Å². The summed E-state index contributed by atoms with van der Waals surface area (Å²) < 4.78 is 10.2. The van der Waals surface area contributed by atoms with Gasteiger partial charge in [-0.3, -0.25) is 0 Å². The van der Waals surface area contributed by atoms with Gasteiger partial charge in [-0.2, -0.15) is 0 Å². The normalized spacial score (nSPS) is 10.4. The molecule has 0 spiro atoms. The number of hydrogen-bond acceptors (Lipinski definition) is 4. The van der Waals surface area contributed by atoms with E-state index in [-0.39, 0.29) is 0 Å². The molecule has 0 heterocycles. The molecule has 0 aliphatic rings. The van der Waals surface area contributed by atoms with Gasteiger partial charge in [-0.15, -0.1) is 5.16 Å². The Morgan fingerprint density at radius 2 is 2.14 bits per heavy atom. The summed E-state index contributed by atoms with van der Waals surface area (Å²) in [6, 6.07) is 5.50. The van der Waals surface area contributed by atoms with Crippen LogP contribution < -0.4 is 9.47 Å². The molecule has 0 saturated heterocycles. The van der Waals surface area contributed by atoms with Crippen molar-refractivity contribution < 1.29 is 14.7 Å². The van der Waals surface area contributed by atoms with Crippen LogP contribution in [0.3, 0.4) is 0 Å². The predicted molar refractivity (Wildman–Crippen MR) is 53.5 cm³/mol. The summed E-state index contributed by atoms with van der Waals surface area (Å²) >= 11 is 0. The molecule has 0 aromatic heterocycles. The van der Waals surface area contributed by atoms with Gasteiger partial charge in [-0.25, -0.2) is 0 Å². The minimum absolute atomic E-state index is 0.531. The van der Waals surface area contributed by atoms with Gasteiger partial charge in [0, 0.05) is 18.7 Å². The zero-order chi connectivity index (χ0) is 10.4. The number of nitrogens with zero attached hydrogens (tertiary/aromatic N) is 1. The molecule has 1 rings (SSSR count). The second-order valence-corrected chi connectivity index (χ2v) is 2.68. The first kappa shape index (κ1) is 10.4. The quantitative estimate of drug-likeness (QED) is 0.452. The second kappa shape index (κ2) is 5.11. The summed E-state index contributed by atoms with van der Waals surface area (Å²) in [6.07, 6.45) is 1.94. The highest BCUT2D eigenvalue weighted by molar-refractivity contribution is 5.63. The van der Waals surface area contributed by atoms with Gasteiger partial charge in [-0.05, 0) is 11.6 Å². The van der Waals surface area contributed by atoms with Crippen molar-refractivity contribution >= 4 is 6.21 Å². The smallest absolute Gasteiger partial charge is 0.126 e. The first-order valence-corrected chi connectivity index (χ1v) is 4.18. The Morgan fingerprint density at radius 1 is 1.36 bits per heavy atom. The van der Waals surface area contributed by atoms with Crippen molar-refractivity contribution in [3.63, 3.8) is 0 Å². The third kappa shape index (κ3) is 2.39. The lowest BCUT2D eigenvalue weighted by molar-refractivity contribution is 0.320. The second-order valence-electron chi connectivity index (χ2n) is 2.68. The SMILES string of the molecule is COc1ccc(C/C=N/O)c(OC)c1. The molecule has 0 bridgehead atoms. The number of benzene rings is 1. The van der Waals surface area contributed by atoms with Gasteiger partial charge >= 0.3 is 0 Å². The summed E-state index contributed by atoms with van der Waals surface area (Å²) in [5.41, 5.74) is 0.950. The van der Waals surface area contributed by atoms with Crippen LogP contribution in [0.25, 0.3) is 0 Å². The van der Waals surface area contributed by atoms with E-state index in [1.54, 1.807) is 20.3 Å². The van der Waals surface area contributed by atoms with Crippen LogP contribution in [-0.4, -0.2) is 25.6 Å². The minimum atomic E-state index is 0.531. The Balaban J connectivity index is 2.92. The monoisotopic (exact) mass is 195 g/mol. The van der Waals surface area contributed by atoms with Crippen LogP contribution in [0.2, 0.25) is 0 Å². The lowest BCUT2D eigenvalue weighted by Crippen LogP contribution is -1.94. The van der Waals surface area contributed by atoms with E-state index in [1.807, 2.05) is 12.1 Å². The largest absolute Gasteiger partial charge is 0.497 e. The molecule has 0 fully saturated rings. The topological polar surface area (TPSA) is 51.0 Å². The summed E-state index contributed by atoms with van der Waals surface area (Å²) in [4.78, 5) is 0. The standard InChI is InChI=1S/C10H13NO3/c1-13-9-4-3-8(5-6-11-12)10(7-9)14-2/h3-4,6-7,12H,5H2,1-2H3/b11-6+. The van der Waals surface area contributed by atoms with Gasteiger partial charge < -0.3 is 14.7 Å². The maximum absolute atomic E-state index is 8.30. The zero-order valence-electron chi connectivity index (χ0n) is 8.23. The molecule has 4 heteroatoms. The Labute approximate surface area is 82.8 Å². The first-order chi connectivity index (χ1) is 6.81. The molecule has 76 valence electrons. The molecule has 1 aromatic rings. The van der Waals surface area contributed by atoms with E-state index < -0.39 is 0 Å². The van der Waals surface area contributed by atoms with E-state index in [0.29, 0.717) is 6.42 Å². The van der Waals surface area contributed by atoms with Crippen LogP contribution in [0, 0.1) is 0 Å². The predicted octanol–water partition coefficient (Wildman–Crippen LogP) is 1.71. The summed E-state index contributed by atoms with van der Waals surface area (Å²) in [5, 5.41) is 11.2. The van der Waals surface area contributed by atoms with E-state index in [2.05, 4.69) is 5.16 Å². The molecular formula is C10H13NO3. The first-order valence-electron chi connectivity index (χ1n) is 4.18. The van der Waals surface area contributed by atoms with Gasteiger partial charge in [0.15, 0.2) is 0 Å². The van der Waals surface area contributed by atoms with Gasteiger partial charge in [0.05, 0.1) is 14.2 Å². The van der Waals surface area contributed by atoms with Crippen LogP contribution in [0.4, 0.5) is 0 Å². The van der Waals surface area contributed by atoms with Gasteiger partial charge in [-0.1, -0.05) is 6.07 Å². The van der Waals surface area contributed by atoms with Crippen LogP contribution >= 0.6 is 0 Å². The fourth-order valence-electron chi connectivity index (χ4n) is 1.16. The van der Waals surface area contributed by atoms with Crippen molar-refractivity contribution in [3.05, 3.63) is 23.8 Å². The average Bonchev–Trinajstić information content (AvgIpc) is 2.26. The Morgan fingerprint density at radius 3 is 2.71 bits per heavy atom. The van der Waals surface area contributed by atoms with E-state index in [1.165, 1.54) is 6.21 Å². The molecule has 1 N–H and O–H groups in total. The highest BCUT2D eigenvalue weighted by Crippen LogP contribution is 2.24. The molecule has 0 amide bonds. The number of ether oxygens (including phenoxy) is 2. The molecule has 14 heavy (non-hydrogen) atoms. The highest BCUT2D eigenvalue weighted by atomic mass is 16.5. The van der Waals surface area contributed by atoms with Crippen molar-refractivity contribution in [1.29, 1.82) is 0 Å². The molecule has 1 aromatic carbocycles. The van der Waals surface area contributed by atoms with Gasteiger partial charge in [0.25, 0.3) is 0 Å². The fourth-order valence-corrected chi connectivity index (χ4v) is 1.16. The molecule has 0 unspecified atom stereocenters. The summed E-state index contributed by atoms with van der Waals surface area (Å²) in [5.74, 6) is 1.47. The molecule has 0 aliphatic carbocycles. The van der Waals surface area contributed by atoms with Crippen molar-refractivity contribution in [2.24, 2.45) is 5.16 Å². The molecule has 4 nitrogen and oxygen atoms in total. The van der Waals surface area contributed by atoms with Crippen LogP contribution in [0.1, 0.15) is 5.56 Å². The van der Waals surface area contributed by atoms with Gasteiger partial charge in [0.1, 0.15) is 11.5 Å². The highest BCUT2D eigenvalue weighted by Gasteiger charge is 2.03. The maximum Gasteiger partial charge on any atom is 0.126 e. The molecule has 0 aliphatic heterocycles. The Kier molecular flexibility index (Phi) is 3.79. The lowest BCUT2D eigenvalue weighted by atomic mass is 10.1. The van der Waals surface area contributed by atoms with Crippen molar-refractivity contribution in [3.8, 4) is 11.5 Å². The Bertz CT molecular complexity index is 323. The van der Waals surface area contributed by atoms with E-state index >= 15 is 0 Å². The fraction of sp³-hybridized carbons (Fsp3) is 0.300. The lowest BCUT2D eigenvalue weighted by Gasteiger charge is -2.07. The van der Waals surface area contributed by atoms with Crippen molar-refractivity contribution in [2.45, 2.75) is 6.42 Å². The van der Waals surface area contributed by atoms with Crippen molar-refractivity contribution in [1.82, 2.24) is 0 Å². The summed E-state index contributed by atoms with van der Waals surface area (Å²) in [7, 11) is 3.19.